The third-order valence-corrected chi connectivity index (χ3v) is 24.7. The zero-order valence-corrected chi connectivity index (χ0v) is 37.4. The van der Waals surface area contributed by atoms with Crippen molar-refractivity contribution < 1.29 is 22.9 Å². The first-order valence-electron chi connectivity index (χ1n) is 20.1. The van der Waals surface area contributed by atoms with E-state index in [1.165, 1.54) is 87.1 Å². The van der Waals surface area contributed by atoms with Crippen molar-refractivity contribution >= 4 is 28.0 Å². The topological polar surface area (TPSA) is 0 Å². The molecule has 268 valence electrons. The van der Waals surface area contributed by atoms with E-state index in [1.807, 2.05) is 10.6 Å². The molecule has 6 rings (SSSR count). The Balaban J connectivity index is 0.000000299. The van der Waals surface area contributed by atoms with Crippen LogP contribution in [0.25, 0.3) is 12.2 Å². The van der Waals surface area contributed by atoms with Gasteiger partial charge in [-0.1, -0.05) is 60.7 Å². The molecule has 0 radical (unpaired) electrons. The second-order valence-corrected chi connectivity index (χ2v) is 24.6. The minimum absolute atomic E-state index is 0.000518. The van der Waals surface area contributed by atoms with Crippen LogP contribution in [-0.2, 0) is 35.7 Å². The maximum absolute atomic E-state index is 2.70. The Labute approximate surface area is 325 Å². The molecule has 2 unspecified atom stereocenters. The van der Waals surface area contributed by atoms with Crippen LogP contribution in [0, 0.1) is 0 Å². The van der Waals surface area contributed by atoms with Crippen molar-refractivity contribution in [2.75, 3.05) is 24.6 Å². The van der Waals surface area contributed by atoms with Crippen LogP contribution in [0.4, 0.5) is 0 Å². The summed E-state index contributed by atoms with van der Waals surface area (Å²) in [4.78, 5) is 0. The molecule has 0 fully saturated rings. The van der Waals surface area contributed by atoms with Gasteiger partial charge in [0.2, 0.25) is 0 Å². The fourth-order valence-corrected chi connectivity index (χ4v) is 24.7. The van der Waals surface area contributed by atoms with Crippen LogP contribution >= 0.6 is 15.8 Å². The number of unbranched alkanes of at least 4 members (excludes halogenated alkanes) is 4. The summed E-state index contributed by atoms with van der Waals surface area (Å²) in [5, 5.41) is 3.83. The molecule has 4 aromatic carbocycles. The molecule has 3 heteroatoms. The summed E-state index contributed by atoms with van der Waals surface area (Å²) in [6, 6.07) is 40.3. The van der Waals surface area contributed by atoms with Gasteiger partial charge in [-0.15, -0.1) is 0 Å². The second kappa shape index (κ2) is 22.3. The van der Waals surface area contributed by atoms with E-state index in [0.29, 0.717) is 0 Å². The third-order valence-electron chi connectivity index (χ3n) is 10.4. The number of hydrogen-bond acceptors (Lipinski definition) is 0. The van der Waals surface area contributed by atoms with Crippen molar-refractivity contribution in [1.82, 2.24) is 0 Å². The Bertz CT molecular complexity index is 1500. The quantitative estimate of drug-likeness (QED) is 0.0650. The van der Waals surface area contributed by atoms with Crippen molar-refractivity contribution in [2.24, 2.45) is 0 Å². The fraction of sp³-hybridized carbons (Fsp3) is 0.417. The molecule has 0 aromatic heterocycles. The summed E-state index contributed by atoms with van der Waals surface area (Å²) < 4.78 is 1.59. The number of hydrogen-bond donors (Lipinski definition) is 0. The van der Waals surface area contributed by atoms with Crippen molar-refractivity contribution in [3.8, 4) is 0 Å². The number of allylic oxidation sites excluding steroid dienone is 2. The Morgan fingerprint density at radius 1 is 0.431 bits per heavy atom. The molecule has 0 nitrogen and oxygen atoms in total. The summed E-state index contributed by atoms with van der Waals surface area (Å²) in [6.07, 6.45) is 24.4. The monoisotopic (exact) mass is 880 g/mol. The molecule has 2 atom stereocenters. The largest absolute Gasteiger partial charge is 0.0622 e. The predicted molar refractivity (Wildman–Crippen MR) is 228 cm³/mol. The van der Waals surface area contributed by atoms with Gasteiger partial charge in [0.05, 0.1) is 0 Å². The second-order valence-electron chi connectivity index (χ2n) is 14.3. The van der Waals surface area contributed by atoms with E-state index in [9.17, 15) is 0 Å². The molecule has 2 aliphatic rings. The van der Waals surface area contributed by atoms with Crippen LogP contribution < -0.4 is 0 Å². The van der Waals surface area contributed by atoms with Gasteiger partial charge in [-0.05, 0) is 24.0 Å². The van der Waals surface area contributed by atoms with Gasteiger partial charge in [0.15, 0.2) is 0 Å². The first-order valence-corrected chi connectivity index (χ1v) is 27.7. The van der Waals surface area contributed by atoms with Gasteiger partial charge in [0.25, 0.3) is 0 Å². The zero-order chi connectivity index (χ0) is 35.7. The summed E-state index contributed by atoms with van der Waals surface area (Å²) in [7, 11) is 0.00104. The van der Waals surface area contributed by atoms with E-state index in [0.717, 1.165) is 20.2 Å². The van der Waals surface area contributed by atoms with E-state index in [4.69, 9.17) is 0 Å². The molecular weight excluding hydrogens is 817 g/mol. The summed E-state index contributed by atoms with van der Waals surface area (Å²) >= 11 is -1.11. The summed E-state index contributed by atoms with van der Waals surface area (Å²) in [6.45, 7) is 9.51. The van der Waals surface area contributed by atoms with E-state index < -0.39 is 22.9 Å². The Kier molecular flexibility index (Phi) is 17.6. The molecule has 0 spiro atoms. The fourth-order valence-electron chi connectivity index (χ4n) is 7.39. The number of aryl methyl sites for hydroxylation is 2. The molecule has 0 heterocycles. The molecule has 0 bridgehead atoms. The SMILES string of the molecule is CCCCP(CCCC)C1=Cc2ccccc2[CH]1[Hf][CH]1C(P(CCCC)CCCC)=Cc2ccccc21.c1ccc(CCc2ccccc2)cc1. The van der Waals surface area contributed by atoms with Crippen LogP contribution in [0.5, 0.6) is 0 Å². The summed E-state index contributed by atoms with van der Waals surface area (Å²) in [5.41, 5.74) is 9.36. The minimum atomic E-state index is -1.11. The first-order chi connectivity index (χ1) is 25.2. The predicted octanol–water partition coefficient (Wildman–Crippen LogP) is 14.9. The van der Waals surface area contributed by atoms with Crippen LogP contribution in [0.15, 0.2) is 120 Å². The van der Waals surface area contributed by atoms with Crippen molar-refractivity contribution in [3.05, 3.63) is 153 Å². The van der Waals surface area contributed by atoms with Gasteiger partial charge in [-0.2, -0.15) is 0 Å². The van der Waals surface area contributed by atoms with E-state index in [2.05, 4.69) is 149 Å². The van der Waals surface area contributed by atoms with Gasteiger partial charge in [0.1, 0.15) is 0 Å². The Hall–Kier alpha value is -1.91. The molecule has 0 aliphatic heterocycles. The first kappa shape index (κ1) is 40.3. The standard InChI is InChI=1S/2C17H24P.C14H14.Hf/c2*1-3-5-11-18(12-6-4-2)17-13-15-9-7-8-10-16(15)14-17;1-3-7-13(8-4-1)11-12-14-9-5-2-6-10-14;/h2*7-10,13-14H,3-6,11-12H2,1-2H3;1-10H,11-12H2;. The third kappa shape index (κ3) is 11.8. The maximum atomic E-state index is 2.70. The number of rotatable bonds is 19. The van der Waals surface area contributed by atoms with Crippen LogP contribution in [0.2, 0.25) is 0 Å². The maximum Gasteiger partial charge on any atom is -0.0238 e. The molecule has 0 saturated heterocycles. The average Bonchev–Trinajstić information content (AvgIpc) is 3.73. The molecule has 0 saturated carbocycles. The van der Waals surface area contributed by atoms with Crippen LogP contribution in [-0.4, -0.2) is 24.6 Å². The molecule has 2 aliphatic carbocycles. The molecule has 0 amide bonds. The van der Waals surface area contributed by atoms with Gasteiger partial charge >= 0.3 is 243 Å². The molecule has 4 aromatic rings. The van der Waals surface area contributed by atoms with Gasteiger partial charge in [0, 0.05) is 0 Å². The molecular formula is C48H62HfP2. The minimum Gasteiger partial charge on any atom is -0.0622 e. The molecule has 51 heavy (non-hydrogen) atoms. The molecule has 0 N–H and O–H groups in total. The van der Waals surface area contributed by atoms with Crippen molar-refractivity contribution in [1.29, 1.82) is 0 Å². The van der Waals surface area contributed by atoms with E-state index >= 15 is 0 Å². The number of fused-ring (bicyclic) bond motifs is 2. The van der Waals surface area contributed by atoms with Gasteiger partial charge < -0.3 is 0 Å². The Morgan fingerprint density at radius 2 is 0.765 bits per heavy atom. The Morgan fingerprint density at radius 3 is 1.12 bits per heavy atom. The van der Waals surface area contributed by atoms with Crippen LogP contribution in [0.3, 0.4) is 0 Å². The van der Waals surface area contributed by atoms with Crippen LogP contribution in [0.1, 0.15) is 120 Å². The summed E-state index contributed by atoms with van der Waals surface area (Å²) in [5.74, 6) is 0. The number of benzene rings is 4. The van der Waals surface area contributed by atoms with Gasteiger partial charge in [-0.3, -0.25) is 0 Å². The average molecular weight is 879 g/mol. The van der Waals surface area contributed by atoms with Crippen molar-refractivity contribution in [2.45, 2.75) is 99.3 Å². The van der Waals surface area contributed by atoms with E-state index in [1.54, 1.807) is 22.3 Å². The van der Waals surface area contributed by atoms with E-state index in [-0.39, 0.29) is 15.8 Å². The zero-order valence-electron chi connectivity index (χ0n) is 32.0. The van der Waals surface area contributed by atoms with Gasteiger partial charge in [-0.25, -0.2) is 0 Å². The smallest absolute Gasteiger partial charge is 0.0238 e. The van der Waals surface area contributed by atoms with Crippen molar-refractivity contribution in [3.63, 3.8) is 0 Å². The normalized spacial score (nSPS) is 16.0.